The Bertz CT molecular complexity index is 1120. The van der Waals surface area contributed by atoms with Gasteiger partial charge in [-0.25, -0.2) is 10.1 Å². The van der Waals surface area contributed by atoms with Crippen molar-refractivity contribution in [1.82, 2.24) is 30.3 Å². The maximum atomic E-state index is 12.7. The average molecular weight is 538 g/mol. The van der Waals surface area contributed by atoms with Crippen molar-refractivity contribution in [3.8, 4) is 0 Å². The molecule has 2 N–H and O–H groups in total. The van der Waals surface area contributed by atoms with Crippen LogP contribution in [-0.2, 0) is 11.0 Å². The highest BCUT2D eigenvalue weighted by atomic mass is 19.4. The number of carbonyl (C=O) groups excluding carboxylic acids is 2. The van der Waals surface area contributed by atoms with E-state index in [9.17, 15) is 27.6 Å². The van der Waals surface area contributed by atoms with Crippen molar-refractivity contribution in [2.24, 2.45) is 0 Å². The number of anilines is 1. The van der Waals surface area contributed by atoms with E-state index in [4.69, 9.17) is 0 Å². The lowest BCUT2D eigenvalue weighted by atomic mass is 9.94. The molecule has 2 aliphatic rings. The monoisotopic (exact) mass is 537 g/mol. The molecule has 1 amide bonds. The first-order chi connectivity index (χ1) is 18.1. The number of likely N-dealkylation sites (tertiary alicyclic amines) is 1. The molecule has 208 valence electrons. The standard InChI is InChI=1S/C13H16F3N3O2.C12H18N4O/c14-13(15,16)10-7-11(17-18-12(10)21)9-3-1-4-19(8-9)5-2-6-20;1-13-12(17)11-4-3-10(9-14-11)16-7-5-15(2)6-8-16/h6-7,9H,1-5,8H2,(H,18,21);3-4,9H,5-8H2,1-2H3,(H,13,17). The molecular weight excluding hydrogens is 503 g/mol. The third-order valence-electron chi connectivity index (χ3n) is 6.69. The van der Waals surface area contributed by atoms with Gasteiger partial charge in [0.05, 0.1) is 17.6 Å². The van der Waals surface area contributed by atoms with Crippen LogP contribution in [0, 0.1) is 0 Å². The lowest BCUT2D eigenvalue weighted by Gasteiger charge is -2.33. The van der Waals surface area contributed by atoms with Gasteiger partial charge < -0.3 is 24.8 Å². The molecule has 0 radical (unpaired) electrons. The minimum Gasteiger partial charge on any atom is -0.368 e. The number of nitrogens with one attached hydrogen (secondary N) is 2. The van der Waals surface area contributed by atoms with Crippen molar-refractivity contribution >= 4 is 17.9 Å². The molecule has 2 aromatic rings. The molecule has 0 aliphatic carbocycles. The number of aromatic nitrogens is 3. The van der Waals surface area contributed by atoms with E-state index >= 15 is 0 Å². The van der Waals surface area contributed by atoms with E-state index < -0.39 is 17.3 Å². The summed E-state index contributed by atoms with van der Waals surface area (Å²) in [5.74, 6) is -0.307. The first kappa shape index (κ1) is 29.2. The van der Waals surface area contributed by atoms with Crippen LogP contribution in [0.15, 0.2) is 29.2 Å². The Labute approximate surface area is 219 Å². The minimum atomic E-state index is -4.68. The molecule has 2 aromatic heterocycles. The van der Waals surface area contributed by atoms with E-state index in [-0.39, 0.29) is 17.5 Å². The van der Waals surface area contributed by atoms with Gasteiger partial charge in [0.1, 0.15) is 17.5 Å². The normalized spacial score (nSPS) is 18.9. The lowest BCUT2D eigenvalue weighted by molar-refractivity contribution is -0.138. The van der Waals surface area contributed by atoms with Gasteiger partial charge in [0.25, 0.3) is 11.5 Å². The molecule has 1 unspecified atom stereocenters. The second-order valence-corrected chi connectivity index (χ2v) is 9.40. The van der Waals surface area contributed by atoms with Gasteiger partial charge in [-0.3, -0.25) is 9.59 Å². The van der Waals surface area contributed by atoms with Crippen LogP contribution in [0.5, 0.6) is 0 Å². The van der Waals surface area contributed by atoms with Crippen LogP contribution in [0.2, 0.25) is 0 Å². The number of rotatable bonds is 6. The van der Waals surface area contributed by atoms with Gasteiger partial charge in [-0.05, 0) is 44.6 Å². The van der Waals surface area contributed by atoms with Crippen LogP contribution in [0.1, 0.15) is 46.9 Å². The highest BCUT2D eigenvalue weighted by Gasteiger charge is 2.35. The molecule has 0 aromatic carbocycles. The van der Waals surface area contributed by atoms with E-state index in [0.717, 1.165) is 57.2 Å². The average Bonchev–Trinajstić information content (AvgIpc) is 2.92. The fourth-order valence-electron chi connectivity index (χ4n) is 4.48. The number of halogens is 3. The number of H-pyrrole nitrogens is 1. The SMILES string of the molecule is CNC(=O)c1ccc(N2CCN(C)CC2)cn1.O=CCCN1CCCC(c2cc(C(F)(F)F)c(=O)[nH]n2)C1. The second-order valence-electron chi connectivity index (χ2n) is 9.40. The summed E-state index contributed by atoms with van der Waals surface area (Å²) in [4.78, 5) is 43.8. The predicted molar refractivity (Wildman–Crippen MR) is 136 cm³/mol. The molecule has 2 saturated heterocycles. The number of piperidine rings is 1. The molecule has 13 heteroatoms. The van der Waals surface area contributed by atoms with Crippen molar-refractivity contribution in [2.45, 2.75) is 31.4 Å². The number of nitrogens with zero attached hydrogens (tertiary/aromatic N) is 5. The highest BCUT2D eigenvalue weighted by molar-refractivity contribution is 5.92. The second kappa shape index (κ2) is 13.5. The maximum Gasteiger partial charge on any atom is 0.421 e. The van der Waals surface area contributed by atoms with Crippen LogP contribution in [0.3, 0.4) is 0 Å². The smallest absolute Gasteiger partial charge is 0.368 e. The van der Waals surface area contributed by atoms with Crippen LogP contribution in [0.4, 0.5) is 18.9 Å². The summed E-state index contributed by atoms with van der Waals surface area (Å²) in [6.45, 7) is 6.11. The summed E-state index contributed by atoms with van der Waals surface area (Å²) in [5, 5.41) is 8.25. The molecule has 0 saturated carbocycles. The Balaban J connectivity index is 0.000000215. The molecule has 38 heavy (non-hydrogen) atoms. The van der Waals surface area contributed by atoms with E-state index in [1.807, 2.05) is 16.1 Å². The molecule has 0 bridgehead atoms. The summed E-state index contributed by atoms with van der Waals surface area (Å²) in [5.41, 5.74) is -0.633. The van der Waals surface area contributed by atoms with Crippen molar-refractivity contribution in [3.63, 3.8) is 0 Å². The van der Waals surface area contributed by atoms with Crippen LogP contribution in [-0.4, -0.2) is 97.1 Å². The summed E-state index contributed by atoms with van der Waals surface area (Å²) in [6.07, 6.45) is -0.143. The van der Waals surface area contributed by atoms with E-state index in [1.54, 1.807) is 19.3 Å². The summed E-state index contributed by atoms with van der Waals surface area (Å²) >= 11 is 0. The molecule has 10 nitrogen and oxygen atoms in total. The van der Waals surface area contributed by atoms with Crippen molar-refractivity contribution in [2.75, 3.05) is 64.8 Å². The van der Waals surface area contributed by atoms with Crippen molar-refractivity contribution in [1.29, 1.82) is 0 Å². The number of likely N-dealkylation sites (N-methyl/N-ethyl adjacent to an activating group) is 1. The number of aldehydes is 1. The topological polar surface area (TPSA) is 115 Å². The van der Waals surface area contributed by atoms with Crippen LogP contribution < -0.4 is 15.8 Å². The Hall–Kier alpha value is -3.32. The summed E-state index contributed by atoms with van der Waals surface area (Å²) in [7, 11) is 3.74. The van der Waals surface area contributed by atoms with Crippen molar-refractivity contribution < 1.29 is 22.8 Å². The van der Waals surface area contributed by atoms with Gasteiger partial charge in [0, 0.05) is 58.7 Å². The number of piperazine rings is 1. The Morgan fingerprint density at radius 2 is 1.95 bits per heavy atom. The number of alkyl halides is 3. The van der Waals surface area contributed by atoms with Gasteiger partial charge >= 0.3 is 6.18 Å². The van der Waals surface area contributed by atoms with Gasteiger partial charge in [-0.15, -0.1) is 0 Å². The summed E-state index contributed by atoms with van der Waals surface area (Å²) in [6, 6.07) is 4.57. The number of hydrogen-bond donors (Lipinski definition) is 2. The first-order valence-corrected chi connectivity index (χ1v) is 12.6. The zero-order valence-corrected chi connectivity index (χ0v) is 21.6. The molecule has 2 fully saturated rings. The van der Waals surface area contributed by atoms with Crippen LogP contribution in [0.25, 0.3) is 0 Å². The number of amides is 1. The fourth-order valence-corrected chi connectivity index (χ4v) is 4.48. The third-order valence-corrected chi connectivity index (χ3v) is 6.69. The Kier molecular flexibility index (Phi) is 10.4. The Morgan fingerprint density at radius 3 is 2.55 bits per heavy atom. The molecule has 1 atom stereocenters. The number of pyridine rings is 1. The molecular formula is C25H34F3N7O3. The van der Waals surface area contributed by atoms with E-state index in [2.05, 4.69) is 32.2 Å². The maximum absolute atomic E-state index is 12.7. The lowest BCUT2D eigenvalue weighted by Crippen LogP contribution is -2.44. The van der Waals surface area contributed by atoms with E-state index in [1.165, 1.54) is 0 Å². The van der Waals surface area contributed by atoms with Gasteiger partial charge in [-0.2, -0.15) is 18.3 Å². The molecule has 4 rings (SSSR count). The largest absolute Gasteiger partial charge is 0.421 e. The predicted octanol–water partition coefficient (Wildman–Crippen LogP) is 1.75. The third kappa shape index (κ3) is 8.09. The first-order valence-electron chi connectivity index (χ1n) is 12.6. The molecule has 0 spiro atoms. The van der Waals surface area contributed by atoms with Crippen LogP contribution >= 0.6 is 0 Å². The summed E-state index contributed by atoms with van der Waals surface area (Å²) < 4.78 is 38.2. The zero-order chi connectivity index (χ0) is 27.7. The molecule has 4 heterocycles. The van der Waals surface area contributed by atoms with Gasteiger partial charge in [0.15, 0.2) is 0 Å². The van der Waals surface area contributed by atoms with Gasteiger partial charge in [-0.1, -0.05) is 0 Å². The fraction of sp³-hybridized carbons (Fsp3) is 0.560. The minimum absolute atomic E-state index is 0.144. The quantitative estimate of drug-likeness (QED) is 0.536. The van der Waals surface area contributed by atoms with E-state index in [0.29, 0.717) is 31.6 Å². The number of carbonyl (C=O) groups is 2. The Morgan fingerprint density at radius 1 is 1.21 bits per heavy atom. The molecule has 2 aliphatic heterocycles. The highest BCUT2D eigenvalue weighted by Crippen LogP contribution is 2.30. The van der Waals surface area contributed by atoms with Gasteiger partial charge in [0.2, 0.25) is 0 Å². The number of hydrogen-bond acceptors (Lipinski definition) is 8. The zero-order valence-electron chi connectivity index (χ0n) is 21.6. The van der Waals surface area contributed by atoms with Crippen molar-refractivity contribution in [3.05, 3.63) is 51.7 Å². The number of aromatic amines is 1.